The Hall–Kier alpha value is -0.290. The smallest absolute Gasteiger partial charge is 0.134 e. The minimum absolute atomic E-state index is 0.0148. The molecule has 0 fully saturated rings. The van der Waals surface area contributed by atoms with Crippen molar-refractivity contribution < 1.29 is 9.47 Å². The lowest BCUT2D eigenvalue weighted by Gasteiger charge is -2.19. The lowest BCUT2D eigenvalue weighted by atomic mass is 10.3. The summed E-state index contributed by atoms with van der Waals surface area (Å²) < 4.78 is 11.9. The Kier molecular flexibility index (Phi) is 7.66. The molecule has 5 heteroatoms. The van der Waals surface area contributed by atoms with Crippen molar-refractivity contribution in [3.63, 3.8) is 0 Å². The third kappa shape index (κ3) is 5.57. The fraction of sp³-hybridized carbons (Fsp3) is 0.538. The van der Waals surface area contributed by atoms with E-state index >= 15 is 0 Å². The molecule has 0 bridgehead atoms. The Morgan fingerprint density at radius 2 is 2.22 bits per heavy atom. The van der Waals surface area contributed by atoms with E-state index in [0.717, 1.165) is 29.7 Å². The summed E-state index contributed by atoms with van der Waals surface area (Å²) in [5, 5.41) is 4.01. The number of hydrogen-bond acceptors (Lipinski definition) is 3. The van der Waals surface area contributed by atoms with E-state index in [9.17, 15) is 0 Å². The molecule has 1 rings (SSSR count). The molecule has 0 heterocycles. The molecule has 0 aliphatic rings. The maximum Gasteiger partial charge on any atom is 0.134 e. The summed E-state index contributed by atoms with van der Waals surface area (Å²) in [6.07, 6.45) is 1.09. The van der Waals surface area contributed by atoms with Gasteiger partial charge in [-0.15, -0.1) is 0 Å². The topological polar surface area (TPSA) is 30.5 Å². The predicted molar refractivity (Wildman–Crippen MR) is 78.6 cm³/mol. The Morgan fingerprint density at radius 1 is 1.44 bits per heavy atom. The van der Waals surface area contributed by atoms with Gasteiger partial charge in [-0.25, -0.2) is 0 Å². The van der Waals surface area contributed by atoms with Crippen molar-refractivity contribution in [2.45, 2.75) is 19.4 Å². The van der Waals surface area contributed by atoms with Crippen molar-refractivity contribution in [2.24, 2.45) is 0 Å². The first-order valence-corrected chi connectivity index (χ1v) is 7.15. The lowest BCUT2D eigenvalue weighted by molar-refractivity contribution is 0.0802. The van der Waals surface area contributed by atoms with Crippen LogP contribution in [0.5, 0.6) is 5.75 Å². The number of nitrogens with one attached hydrogen (secondary N) is 1. The summed E-state index contributed by atoms with van der Waals surface area (Å²) in [5.41, 5.74) is 0. The highest BCUT2D eigenvalue weighted by Gasteiger charge is 2.12. The van der Waals surface area contributed by atoms with Crippen LogP contribution in [0.15, 0.2) is 22.7 Å². The molecule has 0 spiro atoms. The molecule has 0 saturated heterocycles. The first-order chi connectivity index (χ1) is 8.67. The van der Waals surface area contributed by atoms with E-state index < -0.39 is 0 Å². The molecule has 1 N–H and O–H groups in total. The van der Waals surface area contributed by atoms with Crippen LogP contribution < -0.4 is 10.1 Å². The van der Waals surface area contributed by atoms with Gasteiger partial charge in [-0.05, 0) is 47.1 Å². The predicted octanol–water partition coefficient (Wildman–Crippen LogP) is 3.50. The molecule has 1 unspecified atom stereocenters. The Labute approximate surface area is 122 Å². The first-order valence-electron chi connectivity index (χ1n) is 5.98. The van der Waals surface area contributed by atoms with Crippen molar-refractivity contribution in [3.05, 3.63) is 27.7 Å². The number of hydrogen-bond donors (Lipinski definition) is 1. The van der Waals surface area contributed by atoms with Crippen LogP contribution in [0.4, 0.5) is 0 Å². The zero-order chi connectivity index (χ0) is 13.4. The van der Waals surface area contributed by atoms with Crippen molar-refractivity contribution in [2.75, 3.05) is 26.8 Å². The molecule has 0 aliphatic carbocycles. The quantitative estimate of drug-likeness (QED) is 0.737. The van der Waals surface area contributed by atoms with E-state index in [1.165, 1.54) is 0 Å². The van der Waals surface area contributed by atoms with Gasteiger partial charge in [0.25, 0.3) is 0 Å². The second-order valence-electron chi connectivity index (χ2n) is 3.97. The molecule has 18 heavy (non-hydrogen) atoms. The summed E-state index contributed by atoms with van der Waals surface area (Å²) in [4.78, 5) is 0. The zero-order valence-corrected chi connectivity index (χ0v) is 13.1. The average Bonchev–Trinajstić information content (AvgIpc) is 2.33. The SMILES string of the molecule is CCCNCC(COC)Oc1ccc(Cl)cc1Br. The van der Waals surface area contributed by atoms with Crippen molar-refractivity contribution in [1.82, 2.24) is 5.32 Å². The Balaban J connectivity index is 2.58. The molecule has 0 aliphatic heterocycles. The fourth-order valence-electron chi connectivity index (χ4n) is 1.51. The Morgan fingerprint density at radius 3 is 2.83 bits per heavy atom. The minimum atomic E-state index is -0.0148. The molecule has 1 aromatic carbocycles. The van der Waals surface area contributed by atoms with E-state index in [0.29, 0.717) is 11.6 Å². The first kappa shape index (κ1) is 15.8. The molecule has 0 saturated carbocycles. The Bertz CT molecular complexity index is 363. The molecule has 0 amide bonds. The van der Waals surface area contributed by atoms with Crippen LogP contribution in [0.1, 0.15) is 13.3 Å². The molecule has 0 radical (unpaired) electrons. The van der Waals surface area contributed by atoms with Gasteiger partial charge in [0.15, 0.2) is 0 Å². The molecule has 3 nitrogen and oxygen atoms in total. The summed E-state index contributed by atoms with van der Waals surface area (Å²) in [6.45, 7) is 4.42. The van der Waals surface area contributed by atoms with Crippen molar-refractivity contribution in [3.8, 4) is 5.75 Å². The maximum absolute atomic E-state index is 5.89. The number of benzene rings is 1. The van der Waals surface area contributed by atoms with Gasteiger partial charge in [0, 0.05) is 18.7 Å². The van der Waals surface area contributed by atoms with Gasteiger partial charge in [0.2, 0.25) is 0 Å². The summed E-state index contributed by atoms with van der Waals surface area (Å²) in [6, 6.07) is 5.49. The standard InChI is InChI=1S/C13H19BrClNO2/c1-3-6-16-8-11(9-17-2)18-13-5-4-10(15)7-12(13)14/h4-5,7,11,16H,3,6,8-9H2,1-2H3. The van der Waals surface area contributed by atoms with E-state index in [2.05, 4.69) is 28.2 Å². The lowest BCUT2D eigenvalue weighted by Crippen LogP contribution is -2.35. The molecule has 0 aromatic heterocycles. The van der Waals surface area contributed by atoms with E-state index in [1.807, 2.05) is 18.2 Å². The summed E-state index contributed by atoms with van der Waals surface area (Å²) in [7, 11) is 1.67. The second kappa shape index (κ2) is 8.75. The van der Waals surface area contributed by atoms with Crippen molar-refractivity contribution >= 4 is 27.5 Å². The molecule has 102 valence electrons. The van der Waals surface area contributed by atoms with E-state index in [4.69, 9.17) is 21.1 Å². The number of halogens is 2. The van der Waals surface area contributed by atoms with E-state index in [-0.39, 0.29) is 6.10 Å². The van der Waals surface area contributed by atoms with Crippen LogP contribution in [-0.2, 0) is 4.74 Å². The van der Waals surface area contributed by atoms with Crippen LogP contribution in [0.3, 0.4) is 0 Å². The van der Waals surface area contributed by atoms with Gasteiger partial charge in [-0.1, -0.05) is 18.5 Å². The highest BCUT2D eigenvalue weighted by Crippen LogP contribution is 2.28. The van der Waals surface area contributed by atoms with Crippen LogP contribution in [0, 0.1) is 0 Å². The molecule has 1 atom stereocenters. The summed E-state index contributed by atoms with van der Waals surface area (Å²) >= 11 is 9.33. The molecular formula is C13H19BrClNO2. The van der Waals surface area contributed by atoms with Gasteiger partial charge in [0.1, 0.15) is 11.9 Å². The zero-order valence-electron chi connectivity index (χ0n) is 10.7. The third-order valence-electron chi connectivity index (χ3n) is 2.34. The normalized spacial score (nSPS) is 12.4. The van der Waals surface area contributed by atoms with Crippen LogP contribution in [0.2, 0.25) is 5.02 Å². The van der Waals surface area contributed by atoms with Crippen LogP contribution >= 0.6 is 27.5 Å². The maximum atomic E-state index is 5.89. The molecular weight excluding hydrogens is 318 g/mol. The average molecular weight is 337 g/mol. The number of ether oxygens (including phenoxy) is 2. The van der Waals surface area contributed by atoms with Crippen LogP contribution in [-0.4, -0.2) is 32.9 Å². The van der Waals surface area contributed by atoms with Crippen molar-refractivity contribution in [1.29, 1.82) is 0 Å². The highest BCUT2D eigenvalue weighted by molar-refractivity contribution is 9.10. The van der Waals surface area contributed by atoms with Gasteiger partial charge >= 0.3 is 0 Å². The molecule has 1 aromatic rings. The monoisotopic (exact) mass is 335 g/mol. The number of methoxy groups -OCH3 is 1. The summed E-state index contributed by atoms with van der Waals surface area (Å²) in [5.74, 6) is 0.778. The van der Waals surface area contributed by atoms with Gasteiger partial charge < -0.3 is 14.8 Å². The van der Waals surface area contributed by atoms with Crippen LogP contribution in [0.25, 0.3) is 0 Å². The van der Waals surface area contributed by atoms with Gasteiger partial charge in [0.05, 0.1) is 11.1 Å². The fourth-order valence-corrected chi connectivity index (χ4v) is 2.29. The minimum Gasteiger partial charge on any atom is -0.486 e. The third-order valence-corrected chi connectivity index (χ3v) is 3.19. The van der Waals surface area contributed by atoms with E-state index in [1.54, 1.807) is 7.11 Å². The second-order valence-corrected chi connectivity index (χ2v) is 5.26. The van der Waals surface area contributed by atoms with Gasteiger partial charge in [-0.2, -0.15) is 0 Å². The number of rotatable bonds is 8. The largest absolute Gasteiger partial charge is 0.486 e. The van der Waals surface area contributed by atoms with Gasteiger partial charge in [-0.3, -0.25) is 0 Å². The highest BCUT2D eigenvalue weighted by atomic mass is 79.9.